The number of morpholine rings is 1. The number of halogens is 3. The van der Waals surface area contributed by atoms with E-state index in [-0.39, 0.29) is 18.0 Å². The van der Waals surface area contributed by atoms with E-state index < -0.39 is 17.8 Å². The first-order valence-electron chi connectivity index (χ1n) is 9.08. The van der Waals surface area contributed by atoms with E-state index >= 15 is 0 Å². The van der Waals surface area contributed by atoms with Crippen LogP contribution in [0.2, 0.25) is 0 Å². The molecule has 1 saturated heterocycles. The molecule has 1 aromatic carbocycles. The van der Waals surface area contributed by atoms with E-state index in [9.17, 15) is 18.0 Å². The Kier molecular flexibility index (Phi) is 5.87. The number of ether oxygens (including phenoxy) is 1. The summed E-state index contributed by atoms with van der Waals surface area (Å²) in [5, 5.41) is 0. The van der Waals surface area contributed by atoms with E-state index in [4.69, 9.17) is 4.74 Å². The van der Waals surface area contributed by atoms with Gasteiger partial charge in [0, 0.05) is 26.7 Å². The van der Waals surface area contributed by atoms with Crippen molar-refractivity contribution in [2.24, 2.45) is 5.92 Å². The zero-order valence-corrected chi connectivity index (χ0v) is 15.0. The van der Waals surface area contributed by atoms with E-state index in [1.807, 2.05) is 0 Å². The maximum Gasteiger partial charge on any atom is 0.416 e. The van der Waals surface area contributed by atoms with Crippen molar-refractivity contribution in [1.29, 1.82) is 0 Å². The predicted molar refractivity (Wildman–Crippen MR) is 91.4 cm³/mol. The number of likely N-dealkylation sites (N-methyl/N-ethyl adjacent to an activating group) is 1. The molecule has 144 valence electrons. The van der Waals surface area contributed by atoms with Gasteiger partial charge in [-0.2, -0.15) is 13.2 Å². The Labute approximate surface area is 151 Å². The van der Waals surface area contributed by atoms with Gasteiger partial charge in [-0.25, -0.2) is 0 Å². The van der Waals surface area contributed by atoms with Crippen molar-refractivity contribution in [2.75, 3.05) is 33.4 Å². The Bertz CT molecular complexity index is 631. The third kappa shape index (κ3) is 4.38. The fourth-order valence-corrected chi connectivity index (χ4v) is 3.61. The zero-order chi connectivity index (χ0) is 18.7. The van der Waals surface area contributed by atoms with Crippen molar-refractivity contribution in [2.45, 2.75) is 38.0 Å². The van der Waals surface area contributed by atoms with Crippen LogP contribution in [0.1, 0.15) is 30.4 Å². The normalized spacial score (nSPS) is 22.1. The number of amides is 1. The average Bonchev–Trinajstić information content (AvgIpc) is 2.57. The molecule has 4 nitrogen and oxygen atoms in total. The molecule has 26 heavy (non-hydrogen) atoms. The van der Waals surface area contributed by atoms with Crippen molar-refractivity contribution in [3.63, 3.8) is 0 Å². The molecule has 1 amide bonds. The van der Waals surface area contributed by atoms with Gasteiger partial charge in [-0.3, -0.25) is 9.69 Å². The average molecular weight is 370 g/mol. The highest BCUT2D eigenvalue weighted by atomic mass is 19.4. The minimum absolute atomic E-state index is 0.0672. The molecule has 3 rings (SSSR count). The van der Waals surface area contributed by atoms with Crippen molar-refractivity contribution >= 4 is 5.91 Å². The predicted octanol–water partition coefficient (Wildman–Crippen LogP) is 3.16. The second-order valence-corrected chi connectivity index (χ2v) is 7.23. The molecule has 2 fully saturated rings. The molecule has 0 spiro atoms. The van der Waals surface area contributed by atoms with Crippen LogP contribution in [0.4, 0.5) is 13.2 Å². The smallest absolute Gasteiger partial charge is 0.378 e. The lowest BCUT2D eigenvalue weighted by Crippen LogP contribution is -2.55. The van der Waals surface area contributed by atoms with Crippen LogP contribution in [-0.2, 0) is 22.3 Å². The number of carbonyl (C=O) groups excluding carboxylic acids is 1. The Morgan fingerprint density at radius 1 is 1.31 bits per heavy atom. The number of carbonyl (C=O) groups is 1. The minimum Gasteiger partial charge on any atom is -0.378 e. The summed E-state index contributed by atoms with van der Waals surface area (Å²) >= 11 is 0. The quantitative estimate of drug-likeness (QED) is 0.798. The Balaban J connectivity index is 1.68. The van der Waals surface area contributed by atoms with E-state index in [2.05, 4.69) is 4.90 Å². The van der Waals surface area contributed by atoms with Crippen LogP contribution in [0.3, 0.4) is 0 Å². The molecule has 1 aromatic rings. The minimum atomic E-state index is -4.43. The highest BCUT2D eigenvalue weighted by Crippen LogP contribution is 2.32. The topological polar surface area (TPSA) is 32.8 Å². The van der Waals surface area contributed by atoms with Gasteiger partial charge in [0.15, 0.2) is 0 Å². The lowest BCUT2D eigenvalue weighted by molar-refractivity contribution is -0.145. The van der Waals surface area contributed by atoms with Gasteiger partial charge in [0.1, 0.15) is 6.04 Å². The molecule has 1 aliphatic carbocycles. The first-order chi connectivity index (χ1) is 12.4. The Morgan fingerprint density at radius 2 is 2.04 bits per heavy atom. The maximum atomic E-state index is 13.2. The SMILES string of the molecule is CN(Cc1ccccc1C(F)(F)F)C(=O)[C@H]1COCCN1CC1CCC1. The standard InChI is InChI=1S/C19H25F3N2O2/c1-23(12-15-7-2-3-8-16(15)19(20,21)22)18(25)17-13-26-10-9-24(17)11-14-5-4-6-14/h2-3,7-8,14,17H,4-6,9-13H2,1H3/t17-/m1/s1. The van der Waals surface area contributed by atoms with Crippen molar-refractivity contribution in [3.8, 4) is 0 Å². The summed E-state index contributed by atoms with van der Waals surface area (Å²) in [6.07, 6.45) is -0.813. The molecule has 1 saturated carbocycles. The van der Waals surface area contributed by atoms with Crippen LogP contribution >= 0.6 is 0 Å². The Morgan fingerprint density at radius 3 is 2.69 bits per heavy atom. The first kappa shape index (κ1) is 19.2. The van der Waals surface area contributed by atoms with Crippen LogP contribution in [-0.4, -0.2) is 55.1 Å². The highest BCUT2D eigenvalue weighted by Gasteiger charge is 2.36. The lowest BCUT2D eigenvalue weighted by atomic mass is 9.84. The summed E-state index contributed by atoms with van der Waals surface area (Å²) < 4.78 is 45.0. The van der Waals surface area contributed by atoms with E-state index in [0.717, 1.165) is 12.6 Å². The molecule has 0 bridgehead atoms. The molecule has 0 radical (unpaired) electrons. The molecule has 1 heterocycles. The van der Waals surface area contributed by atoms with E-state index in [1.54, 1.807) is 13.1 Å². The highest BCUT2D eigenvalue weighted by molar-refractivity contribution is 5.82. The summed E-state index contributed by atoms with van der Waals surface area (Å²) in [6.45, 7) is 2.39. The molecule has 1 aliphatic heterocycles. The van der Waals surface area contributed by atoms with Gasteiger partial charge in [-0.15, -0.1) is 0 Å². The summed E-state index contributed by atoms with van der Waals surface area (Å²) in [5.41, 5.74) is -0.580. The summed E-state index contributed by atoms with van der Waals surface area (Å²) in [7, 11) is 1.56. The molecule has 2 aliphatic rings. The van der Waals surface area contributed by atoms with E-state index in [0.29, 0.717) is 25.7 Å². The van der Waals surface area contributed by atoms with Crippen LogP contribution in [0.25, 0.3) is 0 Å². The summed E-state index contributed by atoms with van der Waals surface area (Å²) in [6, 6.07) is 5.00. The molecule has 7 heteroatoms. The molecule has 0 unspecified atom stereocenters. The van der Waals surface area contributed by atoms with Gasteiger partial charge < -0.3 is 9.64 Å². The second-order valence-electron chi connectivity index (χ2n) is 7.23. The van der Waals surface area contributed by atoms with Gasteiger partial charge in [-0.05, 0) is 30.4 Å². The van der Waals surface area contributed by atoms with Gasteiger partial charge in [0.05, 0.1) is 18.8 Å². The number of nitrogens with zero attached hydrogens (tertiary/aromatic N) is 2. The molecular weight excluding hydrogens is 345 g/mol. The monoisotopic (exact) mass is 370 g/mol. The van der Waals surface area contributed by atoms with Gasteiger partial charge in [0.2, 0.25) is 5.91 Å². The Hall–Kier alpha value is -1.60. The number of rotatable bonds is 5. The largest absolute Gasteiger partial charge is 0.416 e. The fraction of sp³-hybridized carbons (Fsp3) is 0.632. The molecular formula is C19H25F3N2O2. The zero-order valence-electron chi connectivity index (χ0n) is 15.0. The summed E-state index contributed by atoms with van der Waals surface area (Å²) in [4.78, 5) is 16.4. The van der Waals surface area contributed by atoms with Crippen LogP contribution in [0, 0.1) is 5.92 Å². The van der Waals surface area contributed by atoms with Crippen molar-refractivity contribution in [3.05, 3.63) is 35.4 Å². The fourth-order valence-electron chi connectivity index (χ4n) is 3.61. The van der Waals surface area contributed by atoms with Gasteiger partial charge >= 0.3 is 6.18 Å². The third-order valence-corrected chi connectivity index (χ3v) is 5.35. The van der Waals surface area contributed by atoms with E-state index in [1.165, 1.54) is 36.3 Å². The van der Waals surface area contributed by atoms with Crippen LogP contribution < -0.4 is 0 Å². The maximum absolute atomic E-state index is 13.2. The molecule has 0 N–H and O–H groups in total. The lowest BCUT2D eigenvalue weighted by Gasteiger charge is -2.40. The summed E-state index contributed by atoms with van der Waals surface area (Å²) in [5.74, 6) is 0.445. The third-order valence-electron chi connectivity index (χ3n) is 5.35. The number of hydrogen-bond donors (Lipinski definition) is 0. The number of hydrogen-bond acceptors (Lipinski definition) is 3. The van der Waals surface area contributed by atoms with Crippen LogP contribution in [0.5, 0.6) is 0 Å². The van der Waals surface area contributed by atoms with Crippen molar-refractivity contribution in [1.82, 2.24) is 9.80 Å². The number of benzene rings is 1. The van der Waals surface area contributed by atoms with Crippen LogP contribution in [0.15, 0.2) is 24.3 Å². The van der Waals surface area contributed by atoms with Gasteiger partial charge in [-0.1, -0.05) is 24.6 Å². The number of alkyl halides is 3. The van der Waals surface area contributed by atoms with Gasteiger partial charge in [0.25, 0.3) is 0 Å². The molecule has 1 atom stereocenters. The van der Waals surface area contributed by atoms with Crippen molar-refractivity contribution < 1.29 is 22.7 Å². The molecule has 0 aromatic heterocycles. The second kappa shape index (κ2) is 7.96. The first-order valence-corrected chi connectivity index (χ1v) is 9.08.